The fourth-order valence-electron chi connectivity index (χ4n) is 4.42. The minimum atomic E-state index is 0.721. The first-order chi connectivity index (χ1) is 6.88. The molecule has 14 heavy (non-hydrogen) atoms. The van der Waals surface area contributed by atoms with Crippen molar-refractivity contribution in [1.82, 2.24) is 0 Å². The molecule has 1 nitrogen and oxygen atoms in total. The van der Waals surface area contributed by atoms with Crippen molar-refractivity contribution < 1.29 is 4.79 Å². The first kappa shape index (κ1) is 8.70. The molecule has 3 rings (SSSR count). The third kappa shape index (κ3) is 1.18. The van der Waals surface area contributed by atoms with Crippen LogP contribution in [0.3, 0.4) is 0 Å². The van der Waals surface area contributed by atoms with Gasteiger partial charge in [0.15, 0.2) is 0 Å². The highest BCUT2D eigenvalue weighted by Gasteiger charge is 2.51. The fraction of sp³-hybridized carbons (Fsp3) is 0.769. The summed E-state index contributed by atoms with van der Waals surface area (Å²) in [6, 6.07) is 0. The van der Waals surface area contributed by atoms with Crippen molar-refractivity contribution in [2.75, 3.05) is 0 Å². The zero-order valence-electron chi connectivity index (χ0n) is 8.56. The van der Waals surface area contributed by atoms with Crippen LogP contribution in [0.5, 0.6) is 0 Å². The van der Waals surface area contributed by atoms with E-state index < -0.39 is 0 Å². The molecule has 3 aliphatic carbocycles. The van der Waals surface area contributed by atoms with E-state index in [1.54, 1.807) is 6.08 Å². The summed E-state index contributed by atoms with van der Waals surface area (Å²) in [4.78, 5) is 10.3. The Hall–Kier alpha value is -0.590. The molecular weight excluding hydrogens is 172 g/mol. The standard InChI is InChI=1S/C13H18O/c14-5-1-2-9-6-12-10-3-4-11(8-10)13(12)7-9/h1-2,5,9-13H,3-4,6-8H2/t9?,10?,11?,12-,13+. The molecule has 0 saturated heterocycles. The van der Waals surface area contributed by atoms with Crippen molar-refractivity contribution in [2.24, 2.45) is 29.6 Å². The summed E-state index contributed by atoms with van der Waals surface area (Å²) in [5, 5.41) is 0. The zero-order chi connectivity index (χ0) is 9.54. The number of hydrogen-bond donors (Lipinski definition) is 0. The van der Waals surface area contributed by atoms with Gasteiger partial charge in [-0.2, -0.15) is 0 Å². The number of aldehydes is 1. The predicted octanol–water partition coefficient (Wildman–Crippen LogP) is 2.81. The smallest absolute Gasteiger partial charge is 0.142 e. The topological polar surface area (TPSA) is 17.1 Å². The Labute approximate surface area is 85.6 Å². The zero-order valence-corrected chi connectivity index (χ0v) is 8.56. The Morgan fingerprint density at radius 1 is 0.929 bits per heavy atom. The van der Waals surface area contributed by atoms with Crippen LogP contribution in [0.4, 0.5) is 0 Å². The van der Waals surface area contributed by atoms with Crippen LogP contribution in [0.15, 0.2) is 12.2 Å². The van der Waals surface area contributed by atoms with Crippen LogP contribution in [-0.2, 0) is 4.79 Å². The molecule has 0 aromatic rings. The first-order valence-electron chi connectivity index (χ1n) is 6.00. The van der Waals surface area contributed by atoms with E-state index in [0.29, 0.717) is 0 Å². The van der Waals surface area contributed by atoms with Gasteiger partial charge in [0, 0.05) is 0 Å². The van der Waals surface area contributed by atoms with Gasteiger partial charge in [0.05, 0.1) is 0 Å². The van der Waals surface area contributed by atoms with Crippen molar-refractivity contribution in [3.8, 4) is 0 Å². The molecule has 3 aliphatic rings. The van der Waals surface area contributed by atoms with Gasteiger partial charge in [-0.15, -0.1) is 0 Å². The largest absolute Gasteiger partial charge is 0.299 e. The third-order valence-electron chi connectivity index (χ3n) is 4.89. The highest BCUT2D eigenvalue weighted by atomic mass is 16.1. The van der Waals surface area contributed by atoms with Crippen LogP contribution in [-0.4, -0.2) is 6.29 Å². The molecule has 76 valence electrons. The van der Waals surface area contributed by atoms with Gasteiger partial charge in [0.1, 0.15) is 6.29 Å². The number of rotatable bonds is 2. The van der Waals surface area contributed by atoms with E-state index in [-0.39, 0.29) is 0 Å². The number of hydrogen-bond acceptors (Lipinski definition) is 1. The van der Waals surface area contributed by atoms with Crippen molar-refractivity contribution >= 4 is 6.29 Å². The molecule has 0 radical (unpaired) electrons. The maximum Gasteiger partial charge on any atom is 0.142 e. The fourth-order valence-corrected chi connectivity index (χ4v) is 4.42. The van der Waals surface area contributed by atoms with E-state index in [1.165, 1.54) is 32.1 Å². The molecule has 0 aromatic heterocycles. The molecule has 0 aromatic carbocycles. The quantitative estimate of drug-likeness (QED) is 0.483. The van der Waals surface area contributed by atoms with E-state index >= 15 is 0 Å². The molecule has 0 heterocycles. The van der Waals surface area contributed by atoms with Crippen LogP contribution in [0, 0.1) is 29.6 Å². The van der Waals surface area contributed by atoms with Crippen molar-refractivity contribution in [1.29, 1.82) is 0 Å². The van der Waals surface area contributed by atoms with Gasteiger partial charge in [0.25, 0.3) is 0 Å². The predicted molar refractivity (Wildman–Crippen MR) is 55.7 cm³/mol. The molecule has 3 saturated carbocycles. The molecule has 1 heteroatoms. The lowest BCUT2D eigenvalue weighted by atomic mass is 9.82. The second-order valence-electron chi connectivity index (χ2n) is 5.41. The summed E-state index contributed by atoms with van der Waals surface area (Å²) in [7, 11) is 0. The van der Waals surface area contributed by atoms with E-state index in [9.17, 15) is 4.79 Å². The Morgan fingerprint density at radius 3 is 2.14 bits per heavy atom. The normalized spacial score (nSPS) is 50.1. The first-order valence-corrected chi connectivity index (χ1v) is 6.00. The van der Waals surface area contributed by atoms with Crippen molar-refractivity contribution in [3.05, 3.63) is 12.2 Å². The van der Waals surface area contributed by atoms with E-state index in [0.717, 1.165) is 35.9 Å². The number of carbonyl (C=O) groups excluding carboxylic acids is 1. The maximum absolute atomic E-state index is 10.3. The minimum Gasteiger partial charge on any atom is -0.299 e. The molecule has 3 fully saturated rings. The average molecular weight is 190 g/mol. The van der Waals surface area contributed by atoms with Gasteiger partial charge in [-0.05, 0) is 67.8 Å². The monoisotopic (exact) mass is 190 g/mol. The molecule has 0 amide bonds. The van der Waals surface area contributed by atoms with Crippen LogP contribution in [0.25, 0.3) is 0 Å². The van der Waals surface area contributed by atoms with E-state index in [4.69, 9.17) is 0 Å². The van der Waals surface area contributed by atoms with Gasteiger partial charge in [-0.3, -0.25) is 4.79 Å². The van der Waals surface area contributed by atoms with Gasteiger partial charge < -0.3 is 0 Å². The Morgan fingerprint density at radius 2 is 1.57 bits per heavy atom. The Balaban J connectivity index is 1.70. The van der Waals surface area contributed by atoms with Gasteiger partial charge >= 0.3 is 0 Å². The molecule has 0 spiro atoms. The average Bonchev–Trinajstić information content (AvgIpc) is 2.85. The van der Waals surface area contributed by atoms with Gasteiger partial charge in [0.2, 0.25) is 0 Å². The summed E-state index contributed by atoms with van der Waals surface area (Å²) in [6.45, 7) is 0. The molecule has 5 atom stereocenters. The highest BCUT2D eigenvalue weighted by Crippen LogP contribution is 2.60. The molecule has 2 bridgehead atoms. The Bertz CT molecular complexity index is 250. The highest BCUT2D eigenvalue weighted by molar-refractivity contribution is 5.64. The van der Waals surface area contributed by atoms with Gasteiger partial charge in [-0.1, -0.05) is 6.08 Å². The second kappa shape index (κ2) is 3.22. The van der Waals surface area contributed by atoms with Crippen molar-refractivity contribution in [2.45, 2.75) is 32.1 Å². The third-order valence-corrected chi connectivity index (χ3v) is 4.89. The number of fused-ring (bicyclic) bond motifs is 5. The summed E-state index contributed by atoms with van der Waals surface area (Å²) in [5.41, 5.74) is 0. The van der Waals surface area contributed by atoms with Crippen LogP contribution in [0.1, 0.15) is 32.1 Å². The van der Waals surface area contributed by atoms with E-state index in [2.05, 4.69) is 6.08 Å². The summed E-state index contributed by atoms with van der Waals surface area (Å²) >= 11 is 0. The van der Waals surface area contributed by atoms with E-state index in [1.807, 2.05) is 0 Å². The van der Waals surface area contributed by atoms with Gasteiger partial charge in [-0.25, -0.2) is 0 Å². The van der Waals surface area contributed by atoms with Crippen molar-refractivity contribution in [3.63, 3.8) is 0 Å². The summed E-state index contributed by atoms with van der Waals surface area (Å²) in [6.07, 6.45) is 12.0. The lowest BCUT2D eigenvalue weighted by molar-refractivity contribution is -0.104. The Kier molecular flexibility index (Phi) is 2.00. The molecular formula is C13H18O. The number of carbonyl (C=O) groups is 1. The number of allylic oxidation sites excluding steroid dienone is 2. The summed E-state index contributed by atoms with van der Waals surface area (Å²) < 4.78 is 0. The lowest BCUT2D eigenvalue weighted by Crippen LogP contribution is -2.15. The van der Waals surface area contributed by atoms with Crippen LogP contribution >= 0.6 is 0 Å². The second-order valence-corrected chi connectivity index (χ2v) is 5.41. The maximum atomic E-state index is 10.3. The molecule has 0 N–H and O–H groups in total. The summed E-state index contributed by atoms with van der Waals surface area (Å²) in [5.74, 6) is 4.88. The van der Waals surface area contributed by atoms with Crippen LogP contribution in [0.2, 0.25) is 0 Å². The molecule has 0 aliphatic heterocycles. The van der Waals surface area contributed by atoms with Crippen LogP contribution < -0.4 is 0 Å². The minimum absolute atomic E-state index is 0.721. The molecule has 3 unspecified atom stereocenters. The lowest BCUT2D eigenvalue weighted by Gasteiger charge is -2.23. The SMILES string of the molecule is O=CC=CC1C[C@@H]2C3CCC(C3)[C@@H]2C1.